The summed E-state index contributed by atoms with van der Waals surface area (Å²) in [4.78, 5) is 10.2. The number of carboxylic acids is 1. The first kappa shape index (κ1) is 9.22. The topological polar surface area (TPSA) is 55.8 Å². The van der Waals surface area contributed by atoms with Crippen molar-refractivity contribution < 1.29 is 19.4 Å². The minimum absolute atomic E-state index is 0.548. The van der Waals surface area contributed by atoms with Gasteiger partial charge in [-0.3, -0.25) is 0 Å². The van der Waals surface area contributed by atoms with Crippen LogP contribution in [0.3, 0.4) is 0 Å². The van der Waals surface area contributed by atoms with Gasteiger partial charge in [0.25, 0.3) is 0 Å². The van der Waals surface area contributed by atoms with Gasteiger partial charge < -0.3 is 14.6 Å². The maximum Gasteiger partial charge on any atom is 0.328 e. The normalized spacial score (nSPS) is 20.0. The van der Waals surface area contributed by atoms with E-state index in [4.69, 9.17) is 14.6 Å². The van der Waals surface area contributed by atoms with Gasteiger partial charge in [-0.05, 0) is 0 Å². The minimum atomic E-state index is -0.911. The number of hydrogen-bond donors (Lipinski definition) is 1. The second kappa shape index (κ2) is 3.25. The van der Waals surface area contributed by atoms with Gasteiger partial charge in [-0.25, -0.2) is 4.79 Å². The Bertz CT molecular complexity index is 205. The van der Waals surface area contributed by atoms with Crippen molar-refractivity contribution in [3.8, 4) is 0 Å². The highest BCUT2D eigenvalue weighted by Gasteiger charge is 2.41. The van der Waals surface area contributed by atoms with Crippen LogP contribution in [0.2, 0.25) is 0 Å². The molecule has 68 valence electrons. The van der Waals surface area contributed by atoms with Crippen LogP contribution < -0.4 is 0 Å². The van der Waals surface area contributed by atoms with E-state index in [1.165, 1.54) is 6.08 Å². The van der Waals surface area contributed by atoms with Crippen LogP contribution in [0.15, 0.2) is 11.6 Å². The molecule has 0 saturated heterocycles. The van der Waals surface area contributed by atoms with Crippen molar-refractivity contribution in [3.63, 3.8) is 0 Å². The van der Waals surface area contributed by atoms with Crippen molar-refractivity contribution in [1.29, 1.82) is 0 Å². The summed E-state index contributed by atoms with van der Waals surface area (Å²) in [5.74, 6) is -1.48. The largest absolute Gasteiger partial charge is 0.478 e. The molecule has 0 heterocycles. The summed E-state index contributed by atoms with van der Waals surface area (Å²) in [5, 5.41) is 8.41. The van der Waals surface area contributed by atoms with E-state index in [-0.39, 0.29) is 0 Å². The number of rotatable bonds is 3. The van der Waals surface area contributed by atoms with Gasteiger partial charge in [-0.15, -0.1) is 0 Å². The smallest absolute Gasteiger partial charge is 0.328 e. The second-order valence-electron chi connectivity index (χ2n) is 2.81. The fraction of sp³-hybridized carbons (Fsp3) is 0.625. The lowest BCUT2D eigenvalue weighted by Gasteiger charge is -2.40. The first-order valence-corrected chi connectivity index (χ1v) is 3.64. The molecule has 4 heteroatoms. The highest BCUT2D eigenvalue weighted by molar-refractivity contribution is 5.81. The van der Waals surface area contributed by atoms with Crippen LogP contribution in [0.25, 0.3) is 0 Å². The van der Waals surface area contributed by atoms with Crippen molar-refractivity contribution in [1.82, 2.24) is 0 Å². The maximum absolute atomic E-state index is 10.2. The van der Waals surface area contributed by atoms with E-state index in [0.717, 1.165) is 5.57 Å². The zero-order valence-corrected chi connectivity index (χ0v) is 7.16. The molecule has 0 amide bonds. The van der Waals surface area contributed by atoms with Gasteiger partial charge in [0.15, 0.2) is 5.79 Å². The molecular formula is C8H12O4. The van der Waals surface area contributed by atoms with Gasteiger partial charge in [0.1, 0.15) is 0 Å². The number of methoxy groups -OCH3 is 2. The molecule has 0 atom stereocenters. The molecule has 0 aromatic rings. The molecule has 0 unspecified atom stereocenters. The van der Waals surface area contributed by atoms with E-state index < -0.39 is 11.8 Å². The number of carboxylic acid groups (broad SMARTS) is 1. The van der Waals surface area contributed by atoms with Crippen molar-refractivity contribution in [2.24, 2.45) is 0 Å². The quantitative estimate of drug-likeness (QED) is 0.505. The standard InChI is InChI=1S/C8H12O4/c1-11-8(12-2)4-6(5-8)3-7(9)10/h3H,4-5H2,1-2H3,(H,9,10). The summed E-state index contributed by atoms with van der Waals surface area (Å²) in [6.45, 7) is 0. The van der Waals surface area contributed by atoms with Crippen molar-refractivity contribution >= 4 is 5.97 Å². The minimum Gasteiger partial charge on any atom is -0.478 e. The Morgan fingerprint density at radius 2 is 2.00 bits per heavy atom. The van der Waals surface area contributed by atoms with Crippen molar-refractivity contribution in [2.75, 3.05) is 14.2 Å². The summed E-state index contributed by atoms with van der Waals surface area (Å²) in [7, 11) is 3.11. The highest BCUT2D eigenvalue weighted by atomic mass is 16.7. The van der Waals surface area contributed by atoms with Crippen LogP contribution in [-0.4, -0.2) is 31.1 Å². The SMILES string of the molecule is COC1(OC)CC(=CC(=O)O)C1. The molecule has 4 nitrogen and oxygen atoms in total. The lowest BCUT2D eigenvalue weighted by Crippen LogP contribution is -2.42. The molecule has 1 rings (SSSR count). The van der Waals surface area contributed by atoms with Crippen LogP contribution in [0.5, 0.6) is 0 Å². The Kier molecular flexibility index (Phi) is 2.49. The average Bonchev–Trinajstić information content (AvgIpc) is 1.95. The van der Waals surface area contributed by atoms with E-state index in [2.05, 4.69) is 0 Å². The fourth-order valence-electron chi connectivity index (χ4n) is 1.29. The third kappa shape index (κ3) is 1.65. The maximum atomic E-state index is 10.2. The van der Waals surface area contributed by atoms with E-state index in [0.29, 0.717) is 12.8 Å². The van der Waals surface area contributed by atoms with Crippen LogP contribution in [0.4, 0.5) is 0 Å². The number of ether oxygens (including phenoxy) is 2. The van der Waals surface area contributed by atoms with E-state index in [1.807, 2.05) is 0 Å². The Balaban J connectivity index is 2.50. The van der Waals surface area contributed by atoms with E-state index in [9.17, 15) is 4.79 Å². The molecule has 0 aromatic heterocycles. The summed E-state index contributed by atoms with van der Waals surface area (Å²) < 4.78 is 10.2. The molecule has 0 aliphatic heterocycles. The molecule has 1 aliphatic carbocycles. The molecule has 0 radical (unpaired) electrons. The molecule has 1 aliphatic rings. The van der Waals surface area contributed by atoms with Crippen LogP contribution in [0, 0.1) is 0 Å². The van der Waals surface area contributed by atoms with Crippen molar-refractivity contribution in [3.05, 3.63) is 11.6 Å². The Hall–Kier alpha value is -0.870. The average molecular weight is 172 g/mol. The highest BCUT2D eigenvalue weighted by Crippen LogP contribution is 2.40. The van der Waals surface area contributed by atoms with Gasteiger partial charge in [-0.1, -0.05) is 5.57 Å². The zero-order valence-electron chi connectivity index (χ0n) is 7.16. The second-order valence-corrected chi connectivity index (χ2v) is 2.81. The summed E-state index contributed by atoms with van der Waals surface area (Å²) in [6, 6.07) is 0. The first-order chi connectivity index (χ1) is 5.62. The fourth-order valence-corrected chi connectivity index (χ4v) is 1.29. The predicted molar refractivity (Wildman–Crippen MR) is 41.7 cm³/mol. The molecule has 0 bridgehead atoms. The van der Waals surface area contributed by atoms with Crippen LogP contribution in [0.1, 0.15) is 12.8 Å². The van der Waals surface area contributed by atoms with Gasteiger partial charge in [0, 0.05) is 33.1 Å². The molecule has 0 spiro atoms. The third-order valence-corrected chi connectivity index (χ3v) is 2.06. The molecule has 1 fully saturated rings. The molecule has 12 heavy (non-hydrogen) atoms. The zero-order chi connectivity index (χ0) is 9.19. The first-order valence-electron chi connectivity index (χ1n) is 3.64. The molecule has 0 aromatic carbocycles. The Morgan fingerprint density at radius 3 is 2.33 bits per heavy atom. The lowest BCUT2D eigenvalue weighted by atomic mass is 9.84. The lowest BCUT2D eigenvalue weighted by molar-refractivity contribution is -0.228. The number of aliphatic carboxylic acids is 1. The van der Waals surface area contributed by atoms with Crippen molar-refractivity contribution in [2.45, 2.75) is 18.6 Å². The van der Waals surface area contributed by atoms with Gasteiger partial charge >= 0.3 is 5.97 Å². The summed E-state index contributed by atoms with van der Waals surface area (Å²) >= 11 is 0. The predicted octanol–water partition coefficient (Wildman–Crippen LogP) is 0.780. The van der Waals surface area contributed by atoms with E-state index >= 15 is 0 Å². The Labute approximate surface area is 70.8 Å². The van der Waals surface area contributed by atoms with Gasteiger partial charge in [-0.2, -0.15) is 0 Å². The number of hydrogen-bond acceptors (Lipinski definition) is 3. The van der Waals surface area contributed by atoms with Crippen LogP contribution >= 0.6 is 0 Å². The Morgan fingerprint density at radius 1 is 1.50 bits per heavy atom. The summed E-state index contributed by atoms with van der Waals surface area (Å²) in [5.41, 5.74) is 0.853. The monoisotopic (exact) mass is 172 g/mol. The third-order valence-electron chi connectivity index (χ3n) is 2.06. The van der Waals surface area contributed by atoms with E-state index in [1.54, 1.807) is 14.2 Å². The van der Waals surface area contributed by atoms with Gasteiger partial charge in [0.05, 0.1) is 0 Å². The summed E-state index contributed by atoms with van der Waals surface area (Å²) in [6.07, 6.45) is 2.30. The van der Waals surface area contributed by atoms with Crippen LogP contribution in [-0.2, 0) is 14.3 Å². The molecule has 1 N–H and O–H groups in total. The molecule has 1 saturated carbocycles. The number of carbonyl (C=O) groups is 1. The van der Waals surface area contributed by atoms with Gasteiger partial charge in [0.2, 0.25) is 0 Å². The molecular weight excluding hydrogens is 160 g/mol.